The maximum atomic E-state index is 9.18. The van der Waals surface area contributed by atoms with Crippen LogP contribution >= 0.6 is 0 Å². The fourth-order valence-electron chi connectivity index (χ4n) is 2.81. The van der Waals surface area contributed by atoms with Crippen LogP contribution in [0.4, 0.5) is 0 Å². The van der Waals surface area contributed by atoms with E-state index in [9.17, 15) is 5.26 Å². The van der Waals surface area contributed by atoms with Crippen molar-refractivity contribution < 1.29 is 0 Å². The van der Waals surface area contributed by atoms with Crippen LogP contribution in [0.2, 0.25) is 0 Å². The third-order valence-corrected chi connectivity index (χ3v) is 4.31. The van der Waals surface area contributed by atoms with Crippen molar-refractivity contribution in [3.05, 3.63) is 41.2 Å². The Morgan fingerprint density at radius 1 is 1.23 bits per heavy atom. The molecule has 1 aromatic heterocycles. The number of benzene rings is 1. The molecule has 22 heavy (non-hydrogen) atoms. The van der Waals surface area contributed by atoms with Crippen molar-refractivity contribution in [2.24, 2.45) is 5.92 Å². The number of hydrogen-bond donors (Lipinski definition) is 0. The minimum atomic E-state index is 0.538. The number of piperidine rings is 1. The summed E-state index contributed by atoms with van der Waals surface area (Å²) in [5.74, 6) is 1.68. The van der Waals surface area contributed by atoms with Gasteiger partial charge in [0.1, 0.15) is 0 Å². The highest BCUT2D eigenvalue weighted by molar-refractivity contribution is 5.37. The van der Waals surface area contributed by atoms with Crippen molar-refractivity contribution in [2.45, 2.75) is 32.9 Å². The van der Waals surface area contributed by atoms with Gasteiger partial charge in [-0.2, -0.15) is 5.26 Å². The quantitative estimate of drug-likeness (QED) is 0.860. The summed E-state index contributed by atoms with van der Waals surface area (Å²) in [6.45, 7) is 5.82. The van der Waals surface area contributed by atoms with Gasteiger partial charge >= 0.3 is 0 Å². The number of aromatic nitrogens is 4. The average molecular weight is 296 g/mol. The molecule has 0 aliphatic carbocycles. The van der Waals surface area contributed by atoms with Crippen molar-refractivity contribution in [2.75, 3.05) is 13.1 Å². The Kier molecular flexibility index (Phi) is 4.45. The molecule has 0 atom stereocenters. The Bertz CT molecular complexity index is 663. The molecule has 0 bridgehead atoms. The lowest BCUT2D eigenvalue weighted by Crippen LogP contribution is -2.33. The molecule has 2 aromatic rings. The molecule has 0 unspecified atom stereocenters. The van der Waals surface area contributed by atoms with Gasteiger partial charge in [0.25, 0.3) is 0 Å². The molecule has 0 saturated carbocycles. The van der Waals surface area contributed by atoms with E-state index in [1.54, 1.807) is 4.68 Å². The molecule has 1 aliphatic heterocycles. The molecular weight excluding hydrogens is 276 g/mol. The third kappa shape index (κ3) is 3.31. The molecule has 1 aliphatic rings. The minimum Gasteiger partial charge on any atom is -0.296 e. The highest BCUT2D eigenvalue weighted by Crippen LogP contribution is 2.17. The summed E-state index contributed by atoms with van der Waals surface area (Å²) in [6.07, 6.45) is 2.47. The molecule has 1 fully saturated rings. The van der Waals surface area contributed by atoms with Gasteiger partial charge < -0.3 is 0 Å². The second-order valence-electron chi connectivity index (χ2n) is 5.98. The van der Waals surface area contributed by atoms with Crippen LogP contribution in [-0.2, 0) is 13.1 Å². The predicted octanol–water partition coefficient (Wildman–Crippen LogP) is 1.82. The zero-order chi connectivity index (χ0) is 15.4. The van der Waals surface area contributed by atoms with Gasteiger partial charge in [0.05, 0.1) is 24.7 Å². The van der Waals surface area contributed by atoms with Crippen LogP contribution in [0.3, 0.4) is 0 Å². The van der Waals surface area contributed by atoms with Crippen LogP contribution in [0, 0.1) is 17.2 Å². The van der Waals surface area contributed by atoms with E-state index in [1.165, 1.54) is 12.8 Å². The molecule has 3 rings (SSSR count). The Balaban J connectivity index is 1.71. The predicted molar refractivity (Wildman–Crippen MR) is 81.8 cm³/mol. The number of hydrogen-bond acceptors (Lipinski definition) is 5. The highest BCUT2D eigenvalue weighted by atomic mass is 15.5. The van der Waals surface area contributed by atoms with Gasteiger partial charge in [0.2, 0.25) is 0 Å². The molecule has 1 aromatic carbocycles. The molecule has 2 heterocycles. The maximum absolute atomic E-state index is 9.18. The fraction of sp³-hybridized carbons (Fsp3) is 0.500. The Morgan fingerprint density at radius 2 is 2.00 bits per heavy atom. The van der Waals surface area contributed by atoms with Crippen LogP contribution < -0.4 is 0 Å². The van der Waals surface area contributed by atoms with E-state index < -0.39 is 0 Å². The largest absolute Gasteiger partial charge is 0.296 e. The highest BCUT2D eigenvalue weighted by Gasteiger charge is 2.18. The molecule has 114 valence electrons. The zero-order valence-corrected chi connectivity index (χ0v) is 12.8. The van der Waals surface area contributed by atoms with E-state index in [0.717, 1.165) is 36.9 Å². The van der Waals surface area contributed by atoms with E-state index in [4.69, 9.17) is 0 Å². The van der Waals surface area contributed by atoms with E-state index in [2.05, 4.69) is 33.4 Å². The average Bonchev–Trinajstić information content (AvgIpc) is 2.97. The first kappa shape index (κ1) is 14.7. The first-order chi connectivity index (χ1) is 10.8. The number of nitrogens with zero attached hydrogens (tertiary/aromatic N) is 6. The Labute approximate surface area is 130 Å². The summed E-state index contributed by atoms with van der Waals surface area (Å²) in [6, 6.07) is 9.81. The lowest BCUT2D eigenvalue weighted by molar-refractivity contribution is 0.179. The molecular formula is C16H20N6. The number of likely N-dealkylation sites (tertiary alicyclic amines) is 1. The lowest BCUT2D eigenvalue weighted by Gasteiger charge is -2.29. The maximum Gasteiger partial charge on any atom is 0.165 e. The summed E-state index contributed by atoms with van der Waals surface area (Å²) >= 11 is 0. The van der Waals surface area contributed by atoms with E-state index in [1.807, 2.05) is 24.3 Å². The standard InChI is InChI=1S/C16H20N6/c1-13-6-8-21(9-7-13)12-16-18-19-20-22(16)11-15-5-3-2-4-14(15)10-17/h2-5,13H,6-9,11-12H2,1H3. The third-order valence-electron chi connectivity index (χ3n) is 4.31. The summed E-state index contributed by atoms with van der Waals surface area (Å²) in [4.78, 5) is 2.40. The molecule has 1 saturated heterocycles. The second-order valence-corrected chi connectivity index (χ2v) is 5.98. The van der Waals surface area contributed by atoms with Gasteiger partial charge in [-0.25, -0.2) is 4.68 Å². The van der Waals surface area contributed by atoms with Crippen LogP contribution in [0.25, 0.3) is 0 Å². The zero-order valence-electron chi connectivity index (χ0n) is 12.8. The van der Waals surface area contributed by atoms with Crippen molar-refractivity contribution >= 4 is 0 Å². The van der Waals surface area contributed by atoms with Crippen LogP contribution in [0.1, 0.15) is 36.7 Å². The van der Waals surface area contributed by atoms with E-state index >= 15 is 0 Å². The van der Waals surface area contributed by atoms with Crippen LogP contribution in [0.15, 0.2) is 24.3 Å². The molecule has 6 nitrogen and oxygen atoms in total. The minimum absolute atomic E-state index is 0.538. The number of rotatable bonds is 4. The topological polar surface area (TPSA) is 70.6 Å². The van der Waals surface area contributed by atoms with Crippen molar-refractivity contribution in [1.82, 2.24) is 25.1 Å². The molecule has 0 spiro atoms. The first-order valence-electron chi connectivity index (χ1n) is 7.71. The van der Waals surface area contributed by atoms with Gasteiger partial charge in [-0.1, -0.05) is 25.1 Å². The fourth-order valence-corrected chi connectivity index (χ4v) is 2.81. The van der Waals surface area contributed by atoms with Crippen LogP contribution in [-0.4, -0.2) is 38.2 Å². The van der Waals surface area contributed by atoms with E-state index in [0.29, 0.717) is 12.1 Å². The lowest BCUT2D eigenvalue weighted by atomic mass is 9.99. The van der Waals surface area contributed by atoms with Gasteiger partial charge in [-0.05, 0) is 53.9 Å². The molecule has 0 radical (unpaired) electrons. The number of nitriles is 1. The van der Waals surface area contributed by atoms with E-state index in [-0.39, 0.29) is 0 Å². The first-order valence-corrected chi connectivity index (χ1v) is 7.71. The molecule has 0 amide bonds. The van der Waals surface area contributed by atoms with Crippen molar-refractivity contribution in [3.63, 3.8) is 0 Å². The SMILES string of the molecule is CC1CCN(Cc2nnnn2Cc2ccccc2C#N)CC1. The second kappa shape index (κ2) is 6.67. The summed E-state index contributed by atoms with van der Waals surface area (Å²) < 4.78 is 1.80. The summed E-state index contributed by atoms with van der Waals surface area (Å²) in [5.41, 5.74) is 1.63. The number of tetrazole rings is 1. The molecule has 0 N–H and O–H groups in total. The van der Waals surface area contributed by atoms with Gasteiger partial charge in [-0.3, -0.25) is 4.90 Å². The summed E-state index contributed by atoms with van der Waals surface area (Å²) in [5, 5.41) is 21.2. The molecule has 6 heteroatoms. The Hall–Kier alpha value is -2.26. The summed E-state index contributed by atoms with van der Waals surface area (Å²) in [7, 11) is 0. The van der Waals surface area contributed by atoms with Crippen molar-refractivity contribution in [1.29, 1.82) is 5.26 Å². The smallest absolute Gasteiger partial charge is 0.165 e. The van der Waals surface area contributed by atoms with Gasteiger partial charge in [0.15, 0.2) is 5.82 Å². The monoisotopic (exact) mass is 296 g/mol. The van der Waals surface area contributed by atoms with Crippen LogP contribution in [0.5, 0.6) is 0 Å². The normalized spacial score (nSPS) is 16.5. The van der Waals surface area contributed by atoms with Crippen molar-refractivity contribution in [3.8, 4) is 6.07 Å². The Morgan fingerprint density at radius 3 is 2.77 bits per heavy atom. The van der Waals surface area contributed by atoms with Gasteiger partial charge in [0, 0.05) is 0 Å². The van der Waals surface area contributed by atoms with Gasteiger partial charge in [-0.15, -0.1) is 5.10 Å².